The normalized spacial score (nSPS) is 11.9. The van der Waals surface area contributed by atoms with Crippen molar-refractivity contribution in [3.8, 4) is 0 Å². The van der Waals surface area contributed by atoms with Gasteiger partial charge < -0.3 is 0 Å². The van der Waals surface area contributed by atoms with E-state index in [-0.39, 0.29) is 5.75 Å². The molecule has 0 atom stereocenters. The maximum Gasteiger partial charge on any atom is 0.232 e. The molecule has 0 aliphatic rings. The quantitative estimate of drug-likeness (QED) is 0.348. The molecule has 4 rings (SSSR count). The van der Waals surface area contributed by atoms with Crippen molar-refractivity contribution in [2.45, 2.75) is 10.8 Å². The summed E-state index contributed by atoms with van der Waals surface area (Å²) in [6, 6.07) is 17.2. The van der Waals surface area contributed by atoms with Gasteiger partial charge in [-0.25, -0.2) is 13.4 Å². The number of thioether (sulfide) groups is 1. The van der Waals surface area contributed by atoms with Gasteiger partial charge in [0.1, 0.15) is 0 Å². The molecule has 5 nitrogen and oxygen atoms in total. The largest absolute Gasteiger partial charge is 0.281 e. The lowest BCUT2D eigenvalue weighted by atomic mass is 10.2. The molecule has 0 saturated heterocycles. The van der Waals surface area contributed by atoms with Gasteiger partial charge in [-0.05, 0) is 30.7 Å². The van der Waals surface area contributed by atoms with E-state index in [4.69, 9.17) is 0 Å². The number of anilines is 1. The van der Waals surface area contributed by atoms with Crippen molar-refractivity contribution in [2.24, 2.45) is 0 Å². The third-order valence-corrected chi connectivity index (χ3v) is 7.58. The molecular weight excluding hydrogens is 398 g/mol. The van der Waals surface area contributed by atoms with Gasteiger partial charge in [-0.15, -0.1) is 11.3 Å². The molecule has 4 aromatic rings. The Balaban J connectivity index is 1.35. The van der Waals surface area contributed by atoms with Gasteiger partial charge in [0.2, 0.25) is 10.0 Å². The average Bonchev–Trinajstić information content (AvgIpc) is 3.08. The number of nitrogens with zero attached hydrogens (tertiary/aromatic N) is 2. The number of benzene rings is 2. The number of hydrogen-bond donors (Lipinski definition) is 1. The molecule has 27 heavy (non-hydrogen) atoms. The first-order chi connectivity index (χ1) is 13.1. The summed E-state index contributed by atoms with van der Waals surface area (Å²) in [6.07, 6.45) is 2.21. The lowest BCUT2D eigenvalue weighted by molar-refractivity contribution is 0.600. The van der Waals surface area contributed by atoms with Gasteiger partial charge in [0.25, 0.3) is 0 Å². The Morgan fingerprint density at radius 3 is 2.78 bits per heavy atom. The van der Waals surface area contributed by atoms with Crippen LogP contribution in [-0.4, -0.2) is 29.9 Å². The van der Waals surface area contributed by atoms with E-state index >= 15 is 0 Å². The summed E-state index contributed by atoms with van der Waals surface area (Å²) < 4.78 is 29.7. The highest BCUT2D eigenvalue weighted by Gasteiger charge is 2.13. The molecule has 0 aliphatic carbocycles. The molecule has 2 aromatic heterocycles. The highest BCUT2D eigenvalue weighted by molar-refractivity contribution is 8.01. The number of sulfonamides is 1. The Morgan fingerprint density at radius 2 is 1.89 bits per heavy atom. The maximum absolute atomic E-state index is 12.4. The Kier molecular flexibility index (Phi) is 5.29. The second-order valence-electron chi connectivity index (χ2n) is 5.95. The van der Waals surface area contributed by atoms with Gasteiger partial charge in [-0.3, -0.25) is 9.71 Å². The van der Waals surface area contributed by atoms with Crippen LogP contribution in [0.5, 0.6) is 0 Å². The predicted molar refractivity (Wildman–Crippen MR) is 114 cm³/mol. The fraction of sp³-hybridized carbons (Fsp3) is 0.158. The first kappa shape index (κ1) is 18.2. The fourth-order valence-electron chi connectivity index (χ4n) is 2.73. The van der Waals surface area contributed by atoms with E-state index in [1.165, 1.54) is 0 Å². The van der Waals surface area contributed by atoms with Crippen LogP contribution < -0.4 is 4.72 Å². The van der Waals surface area contributed by atoms with E-state index in [1.54, 1.807) is 35.4 Å². The molecule has 0 fully saturated rings. The summed E-state index contributed by atoms with van der Waals surface area (Å²) >= 11 is 3.24. The number of hydrogen-bond acceptors (Lipinski definition) is 6. The Hall–Kier alpha value is -2.16. The van der Waals surface area contributed by atoms with Crippen LogP contribution in [-0.2, 0) is 10.0 Å². The molecule has 0 unspecified atom stereocenters. The van der Waals surface area contributed by atoms with Crippen LogP contribution in [0.25, 0.3) is 21.1 Å². The van der Waals surface area contributed by atoms with Crippen LogP contribution in [0.4, 0.5) is 5.69 Å². The van der Waals surface area contributed by atoms with Crippen LogP contribution >= 0.6 is 23.1 Å². The van der Waals surface area contributed by atoms with Crippen molar-refractivity contribution >= 4 is 59.9 Å². The third-order valence-electron chi connectivity index (χ3n) is 3.96. The van der Waals surface area contributed by atoms with Crippen molar-refractivity contribution in [1.82, 2.24) is 9.97 Å². The Bertz CT molecular complexity index is 1150. The van der Waals surface area contributed by atoms with Gasteiger partial charge >= 0.3 is 0 Å². The number of nitrogens with one attached hydrogen (secondary N) is 1. The topological polar surface area (TPSA) is 72.0 Å². The molecule has 1 N–H and O–H groups in total. The summed E-state index contributed by atoms with van der Waals surface area (Å²) in [6.45, 7) is 0. The zero-order chi connectivity index (χ0) is 18.7. The molecule has 0 spiro atoms. The van der Waals surface area contributed by atoms with E-state index in [9.17, 15) is 8.42 Å². The number of pyridine rings is 1. The molecule has 0 saturated carbocycles. The van der Waals surface area contributed by atoms with Crippen LogP contribution in [0.3, 0.4) is 0 Å². The standard InChI is InChI=1S/C19H17N3O2S3/c23-27(24,22-16-9-3-6-14-7-4-11-20-18(14)16)13-5-12-25-19-21-15-8-1-2-10-17(15)26-19/h1-4,6-11,22H,5,12-13H2. The van der Waals surface area contributed by atoms with Gasteiger partial charge in [0.15, 0.2) is 4.34 Å². The SMILES string of the molecule is O=S(=O)(CCCSc1nc2ccccc2s1)Nc1cccc2cccnc12. The second-order valence-corrected chi connectivity index (χ2v) is 10.2. The number of rotatable bonds is 7. The van der Waals surface area contributed by atoms with Gasteiger partial charge in [0, 0.05) is 17.3 Å². The number of fused-ring (bicyclic) bond motifs is 2. The van der Waals surface area contributed by atoms with Crippen LogP contribution in [0.1, 0.15) is 6.42 Å². The van der Waals surface area contributed by atoms with Gasteiger partial charge in [-0.1, -0.05) is 42.1 Å². The summed E-state index contributed by atoms with van der Waals surface area (Å²) in [5.74, 6) is 0.767. The van der Waals surface area contributed by atoms with E-state index in [2.05, 4.69) is 14.7 Å². The highest BCUT2D eigenvalue weighted by Crippen LogP contribution is 2.29. The lowest BCUT2D eigenvalue weighted by Crippen LogP contribution is -2.17. The molecule has 8 heteroatoms. The number of para-hydroxylation sites is 2. The van der Waals surface area contributed by atoms with Crippen molar-refractivity contribution in [2.75, 3.05) is 16.2 Å². The molecule has 138 valence electrons. The van der Waals surface area contributed by atoms with Crippen molar-refractivity contribution in [3.63, 3.8) is 0 Å². The fourth-order valence-corrected chi connectivity index (χ4v) is 6.11. The molecule has 2 heterocycles. The summed E-state index contributed by atoms with van der Waals surface area (Å²) in [4.78, 5) is 8.84. The van der Waals surface area contributed by atoms with E-state index in [0.29, 0.717) is 23.4 Å². The smallest absolute Gasteiger partial charge is 0.232 e. The molecule has 0 bridgehead atoms. The van der Waals surface area contributed by atoms with Crippen molar-refractivity contribution < 1.29 is 8.42 Å². The van der Waals surface area contributed by atoms with Crippen molar-refractivity contribution in [3.05, 3.63) is 60.8 Å². The second kappa shape index (κ2) is 7.84. The summed E-state index contributed by atoms with van der Waals surface area (Å²) in [7, 11) is -3.43. The van der Waals surface area contributed by atoms with E-state index < -0.39 is 10.0 Å². The first-order valence-corrected chi connectivity index (χ1v) is 11.9. The van der Waals surface area contributed by atoms with Gasteiger partial charge in [0.05, 0.1) is 27.2 Å². The molecule has 0 radical (unpaired) electrons. The maximum atomic E-state index is 12.4. The predicted octanol–water partition coefficient (Wildman–Crippen LogP) is 4.77. The minimum atomic E-state index is -3.43. The minimum absolute atomic E-state index is 0.0636. The lowest BCUT2D eigenvalue weighted by Gasteiger charge is -2.09. The van der Waals surface area contributed by atoms with Crippen LogP contribution in [0.2, 0.25) is 0 Å². The Labute approximate surface area is 165 Å². The third kappa shape index (κ3) is 4.40. The van der Waals surface area contributed by atoms with Crippen molar-refractivity contribution in [1.29, 1.82) is 0 Å². The van der Waals surface area contributed by atoms with Crippen LogP contribution in [0, 0.1) is 0 Å². The van der Waals surface area contributed by atoms with E-state index in [1.807, 2.05) is 48.5 Å². The van der Waals surface area contributed by atoms with E-state index in [0.717, 1.165) is 19.9 Å². The zero-order valence-electron chi connectivity index (χ0n) is 14.3. The molecule has 0 aliphatic heterocycles. The van der Waals surface area contributed by atoms with Gasteiger partial charge in [-0.2, -0.15) is 0 Å². The molecule has 2 aromatic carbocycles. The zero-order valence-corrected chi connectivity index (χ0v) is 16.8. The number of aromatic nitrogens is 2. The monoisotopic (exact) mass is 415 g/mol. The van der Waals surface area contributed by atoms with Crippen LogP contribution in [0.15, 0.2) is 65.1 Å². The minimum Gasteiger partial charge on any atom is -0.281 e. The summed E-state index contributed by atoms with van der Waals surface area (Å²) in [5, 5.41) is 0.907. The Morgan fingerprint density at radius 1 is 1.04 bits per heavy atom. The average molecular weight is 416 g/mol. The first-order valence-electron chi connectivity index (χ1n) is 8.43. The highest BCUT2D eigenvalue weighted by atomic mass is 32.2. The molecule has 0 amide bonds. The number of thiazole rings is 1. The molecular formula is C19H17N3O2S3. The summed E-state index contributed by atoms with van der Waals surface area (Å²) in [5.41, 5.74) is 2.17.